The summed E-state index contributed by atoms with van der Waals surface area (Å²) >= 11 is 0. The van der Waals surface area contributed by atoms with E-state index < -0.39 is 0 Å². The van der Waals surface area contributed by atoms with Crippen molar-refractivity contribution in [2.24, 2.45) is 10.9 Å². The summed E-state index contributed by atoms with van der Waals surface area (Å²) in [5, 5.41) is 6.78. The molecule has 1 atom stereocenters. The van der Waals surface area contributed by atoms with Crippen molar-refractivity contribution in [2.75, 3.05) is 39.1 Å². The molecule has 6 nitrogen and oxygen atoms in total. The predicted molar refractivity (Wildman–Crippen MR) is 104 cm³/mol. The average molecular weight is 345 g/mol. The van der Waals surface area contributed by atoms with Crippen LogP contribution >= 0.6 is 0 Å². The van der Waals surface area contributed by atoms with Gasteiger partial charge in [-0.2, -0.15) is 0 Å². The summed E-state index contributed by atoms with van der Waals surface area (Å²) in [7, 11) is 5.85. The molecule has 1 amide bonds. The maximum atomic E-state index is 12.1. The first-order valence-electron chi connectivity index (χ1n) is 8.93. The van der Waals surface area contributed by atoms with Crippen LogP contribution < -0.4 is 15.5 Å². The van der Waals surface area contributed by atoms with Gasteiger partial charge in [-0.15, -0.1) is 0 Å². The Labute approximate surface area is 151 Å². The molecule has 1 aromatic carbocycles. The maximum Gasteiger partial charge on any atom is 0.225 e. The fourth-order valence-electron chi connectivity index (χ4n) is 2.93. The van der Waals surface area contributed by atoms with Crippen LogP contribution in [0.1, 0.15) is 25.8 Å². The highest BCUT2D eigenvalue weighted by Crippen LogP contribution is 2.13. The molecule has 1 aliphatic rings. The smallest absolute Gasteiger partial charge is 0.225 e. The van der Waals surface area contributed by atoms with E-state index in [1.807, 2.05) is 32.8 Å². The zero-order valence-corrected chi connectivity index (χ0v) is 16.0. The molecule has 1 heterocycles. The van der Waals surface area contributed by atoms with E-state index in [1.54, 1.807) is 7.05 Å². The van der Waals surface area contributed by atoms with Crippen LogP contribution in [-0.2, 0) is 11.3 Å². The molecular formula is C19H31N5O. The highest BCUT2D eigenvalue weighted by molar-refractivity contribution is 5.81. The van der Waals surface area contributed by atoms with Crippen molar-refractivity contribution in [1.82, 2.24) is 15.5 Å². The molecule has 1 aromatic rings. The first-order chi connectivity index (χ1) is 11.9. The van der Waals surface area contributed by atoms with Crippen molar-refractivity contribution in [3.05, 3.63) is 29.8 Å². The molecule has 0 aromatic heterocycles. The SMILES string of the molecule is CN=C(NCc1ccc(N(C)C)cc1)NC1CCN(C(=O)C(C)C)C1. The lowest BCUT2D eigenvalue weighted by Crippen LogP contribution is -2.45. The molecule has 138 valence electrons. The Morgan fingerprint density at radius 1 is 1.32 bits per heavy atom. The van der Waals surface area contributed by atoms with Gasteiger partial charge in [-0.25, -0.2) is 0 Å². The zero-order valence-electron chi connectivity index (χ0n) is 16.0. The molecule has 1 aliphatic heterocycles. The van der Waals surface area contributed by atoms with Gasteiger partial charge in [0, 0.05) is 58.4 Å². The Hall–Kier alpha value is -2.24. The monoisotopic (exact) mass is 345 g/mol. The molecule has 1 fully saturated rings. The number of nitrogens with zero attached hydrogens (tertiary/aromatic N) is 3. The molecule has 6 heteroatoms. The largest absolute Gasteiger partial charge is 0.378 e. The van der Waals surface area contributed by atoms with Crippen molar-refractivity contribution in [1.29, 1.82) is 0 Å². The van der Waals surface area contributed by atoms with Gasteiger partial charge in [0.25, 0.3) is 0 Å². The van der Waals surface area contributed by atoms with Gasteiger partial charge in [0.2, 0.25) is 5.91 Å². The summed E-state index contributed by atoms with van der Waals surface area (Å²) in [5.41, 5.74) is 2.39. The number of carbonyl (C=O) groups is 1. The van der Waals surface area contributed by atoms with E-state index in [4.69, 9.17) is 0 Å². The number of hydrogen-bond donors (Lipinski definition) is 2. The van der Waals surface area contributed by atoms with Gasteiger partial charge in [0.05, 0.1) is 0 Å². The number of nitrogens with one attached hydrogen (secondary N) is 2. The molecule has 2 rings (SSSR count). The summed E-state index contributed by atoms with van der Waals surface area (Å²) in [6.45, 7) is 6.18. The maximum absolute atomic E-state index is 12.1. The van der Waals surface area contributed by atoms with Crippen LogP contribution in [0.15, 0.2) is 29.3 Å². The lowest BCUT2D eigenvalue weighted by molar-refractivity contribution is -0.133. The third-order valence-corrected chi connectivity index (χ3v) is 4.47. The normalized spacial score (nSPS) is 17.8. The second kappa shape index (κ2) is 8.74. The second-order valence-electron chi connectivity index (χ2n) is 7.06. The van der Waals surface area contributed by atoms with E-state index in [0.29, 0.717) is 0 Å². The van der Waals surface area contributed by atoms with Gasteiger partial charge < -0.3 is 20.4 Å². The van der Waals surface area contributed by atoms with Crippen LogP contribution in [0, 0.1) is 5.92 Å². The third kappa shape index (κ3) is 5.37. The standard InChI is InChI=1S/C19H31N5O/c1-14(2)18(25)24-11-10-16(13-24)22-19(20-3)21-12-15-6-8-17(9-7-15)23(4)5/h6-9,14,16H,10-13H2,1-5H3,(H2,20,21,22). The number of likely N-dealkylation sites (tertiary alicyclic amines) is 1. The highest BCUT2D eigenvalue weighted by Gasteiger charge is 2.27. The number of benzene rings is 1. The minimum atomic E-state index is 0.0568. The van der Waals surface area contributed by atoms with E-state index in [-0.39, 0.29) is 17.9 Å². The Bertz CT molecular complexity index is 594. The van der Waals surface area contributed by atoms with Gasteiger partial charge in [-0.05, 0) is 24.1 Å². The van der Waals surface area contributed by atoms with Gasteiger partial charge in [0.15, 0.2) is 5.96 Å². The molecule has 0 spiro atoms. The van der Waals surface area contributed by atoms with Crippen LogP contribution in [0.25, 0.3) is 0 Å². The van der Waals surface area contributed by atoms with Crippen molar-refractivity contribution in [2.45, 2.75) is 32.9 Å². The fraction of sp³-hybridized carbons (Fsp3) is 0.579. The number of amides is 1. The quantitative estimate of drug-likeness (QED) is 0.630. The van der Waals surface area contributed by atoms with E-state index in [0.717, 1.165) is 32.0 Å². The fourth-order valence-corrected chi connectivity index (χ4v) is 2.93. The summed E-state index contributed by atoms with van der Waals surface area (Å²) < 4.78 is 0. The first kappa shape index (κ1) is 19.1. The molecule has 1 unspecified atom stereocenters. The van der Waals surface area contributed by atoms with Gasteiger partial charge in [0.1, 0.15) is 0 Å². The number of carbonyl (C=O) groups excluding carboxylic acids is 1. The Balaban J connectivity index is 1.82. The number of hydrogen-bond acceptors (Lipinski definition) is 3. The predicted octanol–water partition coefficient (Wildman–Crippen LogP) is 1.67. The zero-order chi connectivity index (χ0) is 18.4. The number of anilines is 1. The topological polar surface area (TPSA) is 60.0 Å². The molecule has 2 N–H and O–H groups in total. The average Bonchev–Trinajstić information content (AvgIpc) is 3.06. The molecule has 0 saturated carbocycles. The van der Waals surface area contributed by atoms with Crippen molar-refractivity contribution in [3.63, 3.8) is 0 Å². The van der Waals surface area contributed by atoms with Crippen LogP contribution in [0.3, 0.4) is 0 Å². The third-order valence-electron chi connectivity index (χ3n) is 4.47. The minimum absolute atomic E-state index is 0.0568. The molecule has 25 heavy (non-hydrogen) atoms. The number of rotatable bonds is 5. The van der Waals surface area contributed by atoms with Crippen LogP contribution in [-0.4, -0.2) is 57.0 Å². The van der Waals surface area contributed by atoms with Crippen molar-refractivity contribution in [3.8, 4) is 0 Å². The highest BCUT2D eigenvalue weighted by atomic mass is 16.2. The lowest BCUT2D eigenvalue weighted by atomic mass is 10.2. The van der Waals surface area contributed by atoms with Gasteiger partial charge >= 0.3 is 0 Å². The number of aliphatic imine (C=N–C) groups is 1. The Morgan fingerprint density at radius 3 is 2.56 bits per heavy atom. The van der Waals surface area contributed by atoms with Gasteiger partial charge in [-0.3, -0.25) is 9.79 Å². The van der Waals surface area contributed by atoms with Crippen molar-refractivity contribution >= 4 is 17.6 Å². The van der Waals surface area contributed by atoms with E-state index in [9.17, 15) is 4.79 Å². The van der Waals surface area contributed by atoms with Crippen LogP contribution in [0.4, 0.5) is 5.69 Å². The molecular weight excluding hydrogens is 314 g/mol. The molecule has 0 bridgehead atoms. The first-order valence-corrected chi connectivity index (χ1v) is 8.93. The van der Waals surface area contributed by atoms with Crippen LogP contribution in [0.5, 0.6) is 0 Å². The summed E-state index contributed by atoms with van der Waals surface area (Å²) in [4.78, 5) is 20.4. The number of guanidine groups is 1. The van der Waals surface area contributed by atoms with E-state index >= 15 is 0 Å². The molecule has 0 aliphatic carbocycles. The summed E-state index contributed by atoms with van der Waals surface area (Å²) in [5.74, 6) is 1.06. The molecule has 1 saturated heterocycles. The second-order valence-corrected chi connectivity index (χ2v) is 7.06. The minimum Gasteiger partial charge on any atom is -0.378 e. The van der Waals surface area contributed by atoms with Crippen molar-refractivity contribution < 1.29 is 4.79 Å². The van der Waals surface area contributed by atoms with E-state index in [1.165, 1.54) is 11.3 Å². The van der Waals surface area contributed by atoms with Gasteiger partial charge in [-0.1, -0.05) is 26.0 Å². The molecule has 0 radical (unpaired) electrons. The lowest BCUT2D eigenvalue weighted by Gasteiger charge is -2.20. The van der Waals surface area contributed by atoms with Crippen LogP contribution in [0.2, 0.25) is 0 Å². The van der Waals surface area contributed by atoms with E-state index in [2.05, 4.69) is 44.8 Å². The summed E-state index contributed by atoms with van der Waals surface area (Å²) in [6.07, 6.45) is 0.955. The summed E-state index contributed by atoms with van der Waals surface area (Å²) in [6, 6.07) is 8.71. The Kier molecular flexibility index (Phi) is 6.67. The Morgan fingerprint density at radius 2 is 2.00 bits per heavy atom.